The predicted octanol–water partition coefficient (Wildman–Crippen LogP) is 4.09. The van der Waals surface area contributed by atoms with Crippen LogP contribution in [0, 0.1) is 11.3 Å². The fraction of sp³-hybridized carbons (Fsp3) is 0.263. The molecule has 1 atom stereocenters. The Hall–Kier alpha value is -2.80. The third kappa shape index (κ3) is 4.33. The molecule has 0 fully saturated rings. The van der Waals surface area contributed by atoms with Crippen LogP contribution in [0.3, 0.4) is 0 Å². The Morgan fingerprint density at radius 1 is 1.13 bits per heavy atom. The maximum atomic E-state index is 12.3. The molecule has 4 heteroatoms. The number of nitriles is 1. The number of para-hydroxylation sites is 1. The number of nitrogens with zero attached hydrogens (tertiary/aromatic N) is 1. The van der Waals surface area contributed by atoms with Gasteiger partial charge in [0, 0.05) is 0 Å². The van der Waals surface area contributed by atoms with Gasteiger partial charge in [0.1, 0.15) is 11.8 Å². The van der Waals surface area contributed by atoms with Crippen molar-refractivity contribution in [3.8, 4) is 11.8 Å². The zero-order valence-corrected chi connectivity index (χ0v) is 13.5. The van der Waals surface area contributed by atoms with E-state index in [9.17, 15) is 4.79 Å². The minimum absolute atomic E-state index is 0.289. The molecule has 2 rings (SSSR count). The largest absolute Gasteiger partial charge is 0.481 e. The number of nitrogens with one attached hydrogen (secondary N) is 1. The van der Waals surface area contributed by atoms with Gasteiger partial charge in [-0.25, -0.2) is 0 Å². The molecule has 0 heterocycles. The second kappa shape index (κ2) is 7.46. The van der Waals surface area contributed by atoms with Crippen molar-refractivity contribution in [2.75, 3.05) is 5.32 Å². The van der Waals surface area contributed by atoms with E-state index in [2.05, 4.69) is 25.2 Å². The highest BCUT2D eigenvalue weighted by Gasteiger charge is 2.16. The van der Waals surface area contributed by atoms with E-state index in [-0.39, 0.29) is 5.91 Å². The molecule has 0 saturated carbocycles. The summed E-state index contributed by atoms with van der Waals surface area (Å²) in [6.45, 7) is 5.90. The van der Waals surface area contributed by atoms with Crippen LogP contribution in [0.5, 0.6) is 5.75 Å². The monoisotopic (exact) mass is 308 g/mol. The van der Waals surface area contributed by atoms with Crippen molar-refractivity contribution in [1.29, 1.82) is 5.26 Å². The van der Waals surface area contributed by atoms with Crippen LogP contribution in [0.15, 0.2) is 48.5 Å². The van der Waals surface area contributed by atoms with E-state index in [4.69, 9.17) is 10.00 Å². The van der Waals surface area contributed by atoms with Crippen LogP contribution in [0.4, 0.5) is 5.69 Å². The molecule has 0 aliphatic heterocycles. The van der Waals surface area contributed by atoms with Gasteiger partial charge < -0.3 is 10.1 Å². The van der Waals surface area contributed by atoms with E-state index in [1.165, 1.54) is 0 Å². The first-order chi connectivity index (χ1) is 11.0. The minimum Gasteiger partial charge on any atom is -0.481 e. The van der Waals surface area contributed by atoms with Gasteiger partial charge in [-0.3, -0.25) is 4.79 Å². The van der Waals surface area contributed by atoms with Crippen molar-refractivity contribution in [1.82, 2.24) is 0 Å². The normalized spacial score (nSPS) is 11.6. The van der Waals surface area contributed by atoms with Crippen molar-refractivity contribution < 1.29 is 9.53 Å². The van der Waals surface area contributed by atoms with Crippen molar-refractivity contribution >= 4 is 11.6 Å². The molecular formula is C19H20N2O2. The van der Waals surface area contributed by atoms with Gasteiger partial charge in [0.25, 0.3) is 5.91 Å². The van der Waals surface area contributed by atoms with Crippen LogP contribution in [0.2, 0.25) is 0 Å². The highest BCUT2D eigenvalue weighted by atomic mass is 16.5. The van der Waals surface area contributed by atoms with Gasteiger partial charge in [0.15, 0.2) is 6.10 Å². The van der Waals surface area contributed by atoms with Crippen molar-refractivity contribution in [2.45, 2.75) is 32.8 Å². The first-order valence-corrected chi connectivity index (χ1v) is 7.58. The predicted molar refractivity (Wildman–Crippen MR) is 90.4 cm³/mol. The lowest BCUT2D eigenvalue weighted by molar-refractivity contribution is -0.122. The van der Waals surface area contributed by atoms with E-state index < -0.39 is 6.10 Å². The van der Waals surface area contributed by atoms with E-state index in [1.807, 2.05) is 24.3 Å². The molecule has 2 aromatic carbocycles. The number of carbonyl (C=O) groups excluding carboxylic acids is 1. The zero-order chi connectivity index (χ0) is 16.8. The molecule has 23 heavy (non-hydrogen) atoms. The Labute approximate surface area is 136 Å². The fourth-order valence-corrected chi connectivity index (χ4v) is 2.13. The number of ether oxygens (including phenoxy) is 1. The van der Waals surface area contributed by atoms with E-state index in [0.29, 0.717) is 22.9 Å². The summed E-state index contributed by atoms with van der Waals surface area (Å²) >= 11 is 0. The molecule has 1 amide bonds. The highest BCUT2D eigenvalue weighted by molar-refractivity contribution is 5.95. The third-order valence-electron chi connectivity index (χ3n) is 3.51. The number of hydrogen-bond acceptors (Lipinski definition) is 3. The fourth-order valence-electron chi connectivity index (χ4n) is 2.13. The van der Waals surface area contributed by atoms with Crippen molar-refractivity contribution in [2.24, 2.45) is 0 Å². The molecular weight excluding hydrogens is 288 g/mol. The molecule has 4 nitrogen and oxygen atoms in total. The summed E-state index contributed by atoms with van der Waals surface area (Å²) in [6, 6.07) is 16.7. The molecule has 0 unspecified atom stereocenters. The lowest BCUT2D eigenvalue weighted by atomic mass is 10.0. The summed E-state index contributed by atoms with van der Waals surface area (Å²) in [5, 5.41) is 11.8. The number of amides is 1. The van der Waals surface area contributed by atoms with Gasteiger partial charge in [0.05, 0.1) is 11.3 Å². The number of carbonyl (C=O) groups is 1. The third-order valence-corrected chi connectivity index (χ3v) is 3.51. The summed E-state index contributed by atoms with van der Waals surface area (Å²) in [5.74, 6) is 0.764. The molecule has 2 aromatic rings. The lowest BCUT2D eigenvalue weighted by Crippen LogP contribution is -2.30. The average molecular weight is 308 g/mol. The van der Waals surface area contributed by atoms with Gasteiger partial charge in [0.2, 0.25) is 0 Å². The van der Waals surface area contributed by atoms with Crippen LogP contribution in [0.1, 0.15) is 37.8 Å². The quantitative estimate of drug-likeness (QED) is 0.905. The summed E-state index contributed by atoms with van der Waals surface area (Å²) in [7, 11) is 0. The van der Waals surface area contributed by atoms with Gasteiger partial charge in [-0.15, -0.1) is 0 Å². The van der Waals surface area contributed by atoms with Crippen molar-refractivity contribution in [3.05, 3.63) is 59.7 Å². The van der Waals surface area contributed by atoms with E-state index in [1.54, 1.807) is 31.2 Å². The first kappa shape index (κ1) is 16.6. The van der Waals surface area contributed by atoms with Gasteiger partial charge in [-0.05, 0) is 42.7 Å². The maximum absolute atomic E-state index is 12.3. The Morgan fingerprint density at radius 3 is 2.57 bits per heavy atom. The van der Waals surface area contributed by atoms with Crippen LogP contribution >= 0.6 is 0 Å². The molecule has 0 bridgehead atoms. The van der Waals surface area contributed by atoms with E-state index in [0.717, 1.165) is 5.56 Å². The average Bonchev–Trinajstić information content (AvgIpc) is 2.55. The Balaban J connectivity index is 2.06. The van der Waals surface area contributed by atoms with Gasteiger partial charge >= 0.3 is 0 Å². The van der Waals surface area contributed by atoms with Crippen LogP contribution in [0.25, 0.3) is 0 Å². The van der Waals surface area contributed by atoms with Gasteiger partial charge in [-0.1, -0.05) is 38.1 Å². The smallest absolute Gasteiger partial charge is 0.265 e. The van der Waals surface area contributed by atoms with Gasteiger partial charge in [-0.2, -0.15) is 5.26 Å². The summed E-state index contributed by atoms with van der Waals surface area (Å²) in [6.07, 6.45) is -0.663. The summed E-state index contributed by atoms with van der Waals surface area (Å²) in [4.78, 5) is 12.3. The Morgan fingerprint density at radius 2 is 1.87 bits per heavy atom. The maximum Gasteiger partial charge on any atom is 0.265 e. The summed E-state index contributed by atoms with van der Waals surface area (Å²) < 4.78 is 5.72. The number of benzene rings is 2. The molecule has 0 spiro atoms. The minimum atomic E-state index is -0.663. The Kier molecular flexibility index (Phi) is 5.37. The highest BCUT2D eigenvalue weighted by Crippen LogP contribution is 2.21. The molecule has 1 N–H and O–H groups in total. The molecule has 0 aliphatic carbocycles. The zero-order valence-electron chi connectivity index (χ0n) is 13.5. The second-order valence-corrected chi connectivity index (χ2v) is 5.63. The lowest BCUT2D eigenvalue weighted by Gasteiger charge is -2.16. The summed E-state index contributed by atoms with van der Waals surface area (Å²) in [5.41, 5.74) is 2.08. The van der Waals surface area contributed by atoms with Crippen LogP contribution < -0.4 is 10.1 Å². The molecule has 0 aliphatic rings. The van der Waals surface area contributed by atoms with Crippen molar-refractivity contribution in [3.63, 3.8) is 0 Å². The second-order valence-electron chi connectivity index (χ2n) is 5.63. The number of hydrogen-bond donors (Lipinski definition) is 1. The molecule has 0 saturated heterocycles. The number of anilines is 1. The number of rotatable bonds is 5. The SMILES string of the molecule is CC(C)c1cccc(O[C@@H](C)C(=O)Nc2ccccc2C#N)c1. The molecule has 118 valence electrons. The molecule has 0 aromatic heterocycles. The van der Waals surface area contributed by atoms with Crippen LogP contribution in [-0.4, -0.2) is 12.0 Å². The molecule has 0 radical (unpaired) electrons. The Bertz CT molecular complexity index is 732. The first-order valence-electron chi connectivity index (χ1n) is 7.58. The van der Waals surface area contributed by atoms with E-state index >= 15 is 0 Å². The topological polar surface area (TPSA) is 62.1 Å². The van der Waals surface area contributed by atoms with Crippen LogP contribution in [-0.2, 0) is 4.79 Å². The standard InChI is InChI=1S/C19H20N2O2/c1-13(2)15-8-6-9-17(11-15)23-14(3)19(22)21-18-10-5-4-7-16(18)12-20/h4-11,13-14H,1-3H3,(H,21,22)/t14-/m0/s1.